The first kappa shape index (κ1) is 11.2. The highest BCUT2D eigenvalue weighted by Gasteiger charge is 2.36. The quantitative estimate of drug-likeness (QED) is 0.751. The number of ether oxygens (including phenoxy) is 1. The molecule has 1 amide bonds. The molecule has 0 spiro atoms. The smallest absolute Gasteiger partial charge is 0.223 e. The van der Waals surface area contributed by atoms with E-state index in [1.54, 1.807) is 0 Å². The van der Waals surface area contributed by atoms with Crippen LogP contribution in [0.15, 0.2) is 0 Å². The predicted octanol–water partition coefficient (Wildman–Crippen LogP) is 1.69. The fourth-order valence-corrected chi connectivity index (χ4v) is 2.42. The summed E-state index contributed by atoms with van der Waals surface area (Å²) in [7, 11) is 0. The zero-order chi connectivity index (χ0) is 10.7. The zero-order valence-electron chi connectivity index (χ0n) is 8.93. The van der Waals surface area contributed by atoms with Crippen molar-refractivity contribution in [1.82, 2.24) is 5.32 Å². The molecule has 0 aromatic heterocycles. The second-order valence-electron chi connectivity index (χ2n) is 4.64. The van der Waals surface area contributed by atoms with E-state index in [2.05, 4.69) is 5.32 Å². The largest absolute Gasteiger partial charge is 0.381 e. The van der Waals surface area contributed by atoms with Crippen molar-refractivity contribution >= 4 is 17.5 Å². The van der Waals surface area contributed by atoms with E-state index in [1.807, 2.05) is 0 Å². The zero-order valence-corrected chi connectivity index (χ0v) is 9.68. The maximum Gasteiger partial charge on any atom is 0.223 e. The summed E-state index contributed by atoms with van der Waals surface area (Å²) < 4.78 is 5.30. The second-order valence-corrected chi connectivity index (χ2v) is 4.91. The van der Waals surface area contributed by atoms with Gasteiger partial charge in [0.15, 0.2) is 0 Å². The topological polar surface area (TPSA) is 38.3 Å². The summed E-state index contributed by atoms with van der Waals surface area (Å²) in [5.41, 5.74) is -0.202. The van der Waals surface area contributed by atoms with Gasteiger partial charge in [0.2, 0.25) is 5.91 Å². The molecule has 1 saturated heterocycles. The summed E-state index contributed by atoms with van der Waals surface area (Å²) in [6.45, 7) is 1.41. The van der Waals surface area contributed by atoms with Crippen LogP contribution in [0.5, 0.6) is 0 Å². The van der Waals surface area contributed by atoms with Gasteiger partial charge in [-0.25, -0.2) is 0 Å². The SMILES string of the molecule is O=C(NC1(CCl)CCOCC1)C1CCC1. The van der Waals surface area contributed by atoms with Gasteiger partial charge in [-0.3, -0.25) is 4.79 Å². The van der Waals surface area contributed by atoms with E-state index in [1.165, 1.54) is 6.42 Å². The molecule has 0 radical (unpaired) electrons. The Morgan fingerprint density at radius 3 is 2.53 bits per heavy atom. The van der Waals surface area contributed by atoms with E-state index in [4.69, 9.17) is 16.3 Å². The Bertz CT molecular complexity index is 235. The van der Waals surface area contributed by atoms with Crippen LogP contribution in [0.25, 0.3) is 0 Å². The predicted molar refractivity (Wildman–Crippen MR) is 59.0 cm³/mol. The van der Waals surface area contributed by atoms with Gasteiger partial charge in [0.25, 0.3) is 0 Å². The third kappa shape index (κ3) is 2.45. The third-order valence-electron chi connectivity index (χ3n) is 3.57. The van der Waals surface area contributed by atoms with Gasteiger partial charge in [-0.2, -0.15) is 0 Å². The summed E-state index contributed by atoms with van der Waals surface area (Å²) in [5, 5.41) is 3.13. The summed E-state index contributed by atoms with van der Waals surface area (Å²) in [5.74, 6) is 0.936. The van der Waals surface area contributed by atoms with Crippen molar-refractivity contribution in [3.63, 3.8) is 0 Å². The Hall–Kier alpha value is -0.280. The van der Waals surface area contributed by atoms with Gasteiger partial charge in [-0.05, 0) is 25.7 Å². The molecule has 86 valence electrons. The van der Waals surface area contributed by atoms with Gasteiger partial charge in [0, 0.05) is 25.0 Å². The lowest BCUT2D eigenvalue weighted by Gasteiger charge is -2.38. The fraction of sp³-hybridized carbons (Fsp3) is 0.909. The number of alkyl halides is 1. The van der Waals surface area contributed by atoms with Crippen LogP contribution in [0, 0.1) is 5.92 Å². The molecular formula is C11H18ClNO2. The highest BCUT2D eigenvalue weighted by Crippen LogP contribution is 2.29. The van der Waals surface area contributed by atoms with Crippen molar-refractivity contribution in [2.45, 2.75) is 37.6 Å². The van der Waals surface area contributed by atoms with E-state index in [9.17, 15) is 4.79 Å². The van der Waals surface area contributed by atoms with Crippen LogP contribution in [0.2, 0.25) is 0 Å². The average Bonchev–Trinajstić information content (AvgIpc) is 2.16. The molecule has 0 aromatic rings. The minimum atomic E-state index is -0.202. The van der Waals surface area contributed by atoms with Crippen molar-refractivity contribution in [2.24, 2.45) is 5.92 Å². The maximum absolute atomic E-state index is 11.8. The normalized spacial score (nSPS) is 25.7. The lowest BCUT2D eigenvalue weighted by atomic mass is 9.83. The first-order chi connectivity index (χ1) is 7.26. The summed E-state index contributed by atoms with van der Waals surface area (Å²) in [6.07, 6.45) is 4.96. The minimum absolute atomic E-state index is 0.198. The van der Waals surface area contributed by atoms with E-state index >= 15 is 0 Å². The average molecular weight is 232 g/mol. The summed E-state index contributed by atoms with van der Waals surface area (Å²) in [4.78, 5) is 11.8. The molecule has 1 aliphatic carbocycles. The Kier molecular flexibility index (Phi) is 3.52. The van der Waals surface area contributed by atoms with E-state index in [-0.39, 0.29) is 17.4 Å². The van der Waals surface area contributed by atoms with Crippen molar-refractivity contribution in [3.8, 4) is 0 Å². The molecule has 15 heavy (non-hydrogen) atoms. The standard InChI is InChI=1S/C11H18ClNO2/c12-8-11(4-6-15-7-5-11)13-10(14)9-2-1-3-9/h9H,1-8H2,(H,13,14). The highest BCUT2D eigenvalue weighted by atomic mass is 35.5. The molecule has 1 heterocycles. The molecular weight excluding hydrogens is 214 g/mol. The molecule has 1 saturated carbocycles. The minimum Gasteiger partial charge on any atom is -0.381 e. The lowest BCUT2D eigenvalue weighted by Crippen LogP contribution is -2.55. The first-order valence-corrected chi connectivity index (χ1v) is 6.25. The van der Waals surface area contributed by atoms with E-state index in [0.29, 0.717) is 19.1 Å². The summed E-state index contributed by atoms with van der Waals surface area (Å²) in [6, 6.07) is 0. The number of hydrogen-bond donors (Lipinski definition) is 1. The molecule has 0 unspecified atom stereocenters. The van der Waals surface area contributed by atoms with Crippen LogP contribution in [-0.4, -0.2) is 30.5 Å². The van der Waals surface area contributed by atoms with Gasteiger partial charge in [0.05, 0.1) is 5.54 Å². The molecule has 0 bridgehead atoms. The highest BCUT2D eigenvalue weighted by molar-refractivity contribution is 6.18. The van der Waals surface area contributed by atoms with Crippen molar-refractivity contribution in [1.29, 1.82) is 0 Å². The molecule has 3 nitrogen and oxygen atoms in total. The monoisotopic (exact) mass is 231 g/mol. The molecule has 1 N–H and O–H groups in total. The Labute approximate surface area is 95.5 Å². The molecule has 0 aromatic carbocycles. The van der Waals surface area contributed by atoms with Crippen molar-refractivity contribution in [3.05, 3.63) is 0 Å². The third-order valence-corrected chi connectivity index (χ3v) is 4.08. The van der Waals surface area contributed by atoms with Crippen LogP contribution in [-0.2, 0) is 9.53 Å². The summed E-state index contributed by atoms with van der Waals surface area (Å²) >= 11 is 5.98. The van der Waals surface area contributed by atoms with Crippen LogP contribution in [0.1, 0.15) is 32.1 Å². The van der Waals surface area contributed by atoms with Crippen molar-refractivity contribution in [2.75, 3.05) is 19.1 Å². The van der Waals surface area contributed by atoms with Crippen LogP contribution in [0.4, 0.5) is 0 Å². The number of amides is 1. The maximum atomic E-state index is 11.8. The number of rotatable bonds is 3. The number of carbonyl (C=O) groups is 1. The number of hydrogen-bond acceptors (Lipinski definition) is 2. The van der Waals surface area contributed by atoms with Crippen LogP contribution >= 0.6 is 11.6 Å². The van der Waals surface area contributed by atoms with Crippen LogP contribution < -0.4 is 5.32 Å². The van der Waals surface area contributed by atoms with Gasteiger partial charge < -0.3 is 10.1 Å². The molecule has 2 rings (SSSR count). The Balaban J connectivity index is 1.90. The van der Waals surface area contributed by atoms with Gasteiger partial charge in [-0.1, -0.05) is 6.42 Å². The van der Waals surface area contributed by atoms with E-state index < -0.39 is 0 Å². The number of carbonyl (C=O) groups excluding carboxylic acids is 1. The van der Waals surface area contributed by atoms with Crippen LogP contribution in [0.3, 0.4) is 0 Å². The molecule has 1 aliphatic heterocycles. The molecule has 2 aliphatic rings. The number of nitrogens with one attached hydrogen (secondary N) is 1. The Morgan fingerprint density at radius 1 is 1.40 bits per heavy atom. The number of halogens is 1. The van der Waals surface area contributed by atoms with Gasteiger partial charge >= 0.3 is 0 Å². The molecule has 2 fully saturated rings. The fourth-order valence-electron chi connectivity index (χ4n) is 2.09. The molecule has 0 atom stereocenters. The Morgan fingerprint density at radius 2 is 2.07 bits per heavy atom. The van der Waals surface area contributed by atoms with E-state index in [0.717, 1.165) is 25.7 Å². The second kappa shape index (κ2) is 4.71. The van der Waals surface area contributed by atoms with Gasteiger partial charge in [0.1, 0.15) is 0 Å². The van der Waals surface area contributed by atoms with Gasteiger partial charge in [-0.15, -0.1) is 11.6 Å². The molecule has 4 heteroatoms. The first-order valence-electron chi connectivity index (χ1n) is 5.71. The van der Waals surface area contributed by atoms with Crippen molar-refractivity contribution < 1.29 is 9.53 Å². The lowest BCUT2D eigenvalue weighted by molar-refractivity contribution is -0.130.